The summed E-state index contributed by atoms with van der Waals surface area (Å²) in [5.74, 6) is 0. The van der Waals surface area contributed by atoms with Gasteiger partial charge in [0, 0.05) is 13.0 Å². The highest BCUT2D eigenvalue weighted by Gasteiger charge is 2.07. The summed E-state index contributed by atoms with van der Waals surface area (Å²) in [7, 11) is 0. The molecule has 1 N–H and O–H groups in total. The number of rotatable bonds is 5. The van der Waals surface area contributed by atoms with E-state index in [1.807, 2.05) is 36.4 Å². The Morgan fingerprint density at radius 1 is 0.889 bits per heavy atom. The van der Waals surface area contributed by atoms with Gasteiger partial charge in [0.2, 0.25) is 0 Å². The average Bonchev–Trinajstić information content (AvgIpc) is 2.45. The Labute approximate surface area is 108 Å². The van der Waals surface area contributed by atoms with Gasteiger partial charge in [-0.25, -0.2) is 0 Å². The molecule has 18 heavy (non-hydrogen) atoms. The van der Waals surface area contributed by atoms with Crippen molar-refractivity contribution in [2.24, 2.45) is 0 Å². The smallest absolute Gasteiger partial charge is 0.0996 e. The van der Waals surface area contributed by atoms with E-state index in [-0.39, 0.29) is 6.04 Å². The Morgan fingerprint density at radius 2 is 1.44 bits per heavy atom. The standard InChI is InChI=1S/C16H16N2/c17-12-16(11-14-7-3-1-4-8-14)18-13-15-9-5-2-6-10-15/h1-10,16,18H,11,13H2/t16-/m0/s1. The van der Waals surface area contributed by atoms with Crippen molar-refractivity contribution in [1.82, 2.24) is 5.32 Å². The third kappa shape index (κ3) is 3.73. The van der Waals surface area contributed by atoms with Gasteiger partial charge in [-0.2, -0.15) is 5.26 Å². The maximum absolute atomic E-state index is 9.15. The Kier molecular flexibility index (Phi) is 4.52. The molecule has 2 aromatic rings. The number of hydrogen-bond acceptors (Lipinski definition) is 2. The number of benzene rings is 2. The van der Waals surface area contributed by atoms with E-state index in [2.05, 4.69) is 35.7 Å². The zero-order chi connectivity index (χ0) is 12.6. The van der Waals surface area contributed by atoms with Crippen molar-refractivity contribution in [2.75, 3.05) is 0 Å². The van der Waals surface area contributed by atoms with Gasteiger partial charge in [0.1, 0.15) is 0 Å². The predicted molar refractivity (Wildman–Crippen MR) is 72.8 cm³/mol. The van der Waals surface area contributed by atoms with Crippen LogP contribution in [-0.4, -0.2) is 6.04 Å². The van der Waals surface area contributed by atoms with Gasteiger partial charge in [0.25, 0.3) is 0 Å². The minimum absolute atomic E-state index is 0.146. The first-order valence-electron chi connectivity index (χ1n) is 6.09. The van der Waals surface area contributed by atoms with Crippen LogP contribution < -0.4 is 5.32 Å². The lowest BCUT2D eigenvalue weighted by atomic mass is 10.1. The Hall–Kier alpha value is -2.11. The van der Waals surface area contributed by atoms with Gasteiger partial charge in [-0.15, -0.1) is 0 Å². The van der Waals surface area contributed by atoms with Crippen LogP contribution in [0.2, 0.25) is 0 Å². The first-order valence-corrected chi connectivity index (χ1v) is 6.09. The lowest BCUT2D eigenvalue weighted by Gasteiger charge is -2.11. The van der Waals surface area contributed by atoms with Crippen molar-refractivity contribution in [3.63, 3.8) is 0 Å². The van der Waals surface area contributed by atoms with E-state index >= 15 is 0 Å². The van der Waals surface area contributed by atoms with Gasteiger partial charge in [0.05, 0.1) is 12.1 Å². The molecule has 0 aliphatic carbocycles. The van der Waals surface area contributed by atoms with E-state index in [0.717, 1.165) is 13.0 Å². The molecule has 0 amide bonds. The molecular weight excluding hydrogens is 220 g/mol. The number of nitrogens with one attached hydrogen (secondary N) is 1. The van der Waals surface area contributed by atoms with Gasteiger partial charge in [-0.3, -0.25) is 5.32 Å². The molecule has 0 heterocycles. The molecule has 2 heteroatoms. The summed E-state index contributed by atoms with van der Waals surface area (Å²) in [5.41, 5.74) is 2.38. The van der Waals surface area contributed by atoms with Crippen molar-refractivity contribution in [3.05, 3.63) is 71.8 Å². The fourth-order valence-electron chi connectivity index (χ4n) is 1.85. The van der Waals surface area contributed by atoms with E-state index in [4.69, 9.17) is 5.26 Å². The van der Waals surface area contributed by atoms with Crippen LogP contribution in [0.1, 0.15) is 11.1 Å². The molecule has 0 radical (unpaired) electrons. The maximum atomic E-state index is 9.15. The summed E-state index contributed by atoms with van der Waals surface area (Å²) in [6.07, 6.45) is 0.740. The first kappa shape index (κ1) is 12.3. The molecule has 0 aliphatic heterocycles. The summed E-state index contributed by atoms with van der Waals surface area (Å²) < 4.78 is 0. The Balaban J connectivity index is 1.89. The zero-order valence-corrected chi connectivity index (χ0v) is 10.2. The van der Waals surface area contributed by atoms with Crippen LogP contribution in [0, 0.1) is 11.3 Å². The van der Waals surface area contributed by atoms with Gasteiger partial charge in [0.15, 0.2) is 0 Å². The molecule has 2 rings (SSSR count). The molecule has 0 bridgehead atoms. The second-order valence-electron chi connectivity index (χ2n) is 4.24. The largest absolute Gasteiger partial charge is 0.298 e. The van der Waals surface area contributed by atoms with Crippen LogP contribution in [0.3, 0.4) is 0 Å². The monoisotopic (exact) mass is 236 g/mol. The van der Waals surface area contributed by atoms with Crippen LogP contribution in [0.5, 0.6) is 0 Å². The maximum Gasteiger partial charge on any atom is 0.0996 e. The lowest BCUT2D eigenvalue weighted by molar-refractivity contribution is 0.599. The van der Waals surface area contributed by atoms with Crippen molar-refractivity contribution in [3.8, 4) is 6.07 Å². The Morgan fingerprint density at radius 3 is 2.00 bits per heavy atom. The van der Waals surface area contributed by atoms with E-state index in [1.54, 1.807) is 0 Å². The summed E-state index contributed by atoms with van der Waals surface area (Å²) in [5, 5.41) is 12.4. The van der Waals surface area contributed by atoms with Crippen molar-refractivity contribution in [2.45, 2.75) is 19.0 Å². The number of nitrogens with zero attached hydrogens (tertiary/aromatic N) is 1. The molecule has 0 saturated heterocycles. The van der Waals surface area contributed by atoms with Gasteiger partial charge in [-0.05, 0) is 11.1 Å². The van der Waals surface area contributed by atoms with E-state index in [0.29, 0.717) is 0 Å². The van der Waals surface area contributed by atoms with Gasteiger partial charge < -0.3 is 0 Å². The number of nitriles is 1. The molecule has 90 valence electrons. The molecule has 0 spiro atoms. The quantitative estimate of drug-likeness (QED) is 0.866. The number of hydrogen-bond donors (Lipinski definition) is 1. The topological polar surface area (TPSA) is 35.8 Å². The minimum atomic E-state index is -0.146. The summed E-state index contributed by atoms with van der Waals surface area (Å²) in [4.78, 5) is 0. The van der Waals surface area contributed by atoms with Crippen molar-refractivity contribution < 1.29 is 0 Å². The van der Waals surface area contributed by atoms with E-state index in [1.165, 1.54) is 11.1 Å². The normalized spacial score (nSPS) is 11.7. The molecule has 0 aliphatic rings. The van der Waals surface area contributed by atoms with Gasteiger partial charge >= 0.3 is 0 Å². The van der Waals surface area contributed by atoms with Crippen LogP contribution in [0.25, 0.3) is 0 Å². The minimum Gasteiger partial charge on any atom is -0.298 e. The van der Waals surface area contributed by atoms with Crippen molar-refractivity contribution >= 4 is 0 Å². The highest BCUT2D eigenvalue weighted by molar-refractivity contribution is 5.19. The fraction of sp³-hybridized carbons (Fsp3) is 0.188. The summed E-state index contributed by atoms with van der Waals surface area (Å²) in [6, 6.07) is 22.4. The fourth-order valence-corrected chi connectivity index (χ4v) is 1.85. The van der Waals surface area contributed by atoms with E-state index < -0.39 is 0 Å². The van der Waals surface area contributed by atoms with Crippen LogP contribution in [0.15, 0.2) is 60.7 Å². The molecular formula is C16H16N2. The predicted octanol–water partition coefficient (Wildman–Crippen LogP) is 2.91. The molecule has 2 nitrogen and oxygen atoms in total. The summed E-state index contributed by atoms with van der Waals surface area (Å²) >= 11 is 0. The Bertz CT molecular complexity index is 500. The van der Waals surface area contributed by atoms with Crippen molar-refractivity contribution in [1.29, 1.82) is 5.26 Å². The SMILES string of the molecule is N#C[C@H](Cc1ccccc1)NCc1ccccc1. The lowest BCUT2D eigenvalue weighted by Crippen LogP contribution is -2.29. The molecule has 0 fully saturated rings. The van der Waals surface area contributed by atoms with Crippen LogP contribution in [0.4, 0.5) is 0 Å². The van der Waals surface area contributed by atoms with E-state index in [9.17, 15) is 0 Å². The second-order valence-corrected chi connectivity index (χ2v) is 4.24. The molecule has 1 atom stereocenters. The van der Waals surface area contributed by atoms with Crippen LogP contribution >= 0.6 is 0 Å². The molecule has 2 aromatic carbocycles. The molecule has 0 saturated carbocycles. The highest BCUT2D eigenvalue weighted by atomic mass is 14.9. The average molecular weight is 236 g/mol. The van der Waals surface area contributed by atoms with Crippen LogP contribution in [-0.2, 0) is 13.0 Å². The highest BCUT2D eigenvalue weighted by Crippen LogP contribution is 2.04. The summed E-state index contributed by atoms with van der Waals surface area (Å²) in [6.45, 7) is 0.728. The first-order chi connectivity index (χ1) is 8.88. The zero-order valence-electron chi connectivity index (χ0n) is 10.2. The molecule has 0 unspecified atom stereocenters. The van der Waals surface area contributed by atoms with Gasteiger partial charge in [-0.1, -0.05) is 60.7 Å². The second kappa shape index (κ2) is 6.58. The third-order valence-corrected chi connectivity index (χ3v) is 2.83. The third-order valence-electron chi connectivity index (χ3n) is 2.83. The molecule has 0 aromatic heterocycles.